The maximum absolute atomic E-state index is 12.5. The standard InChI is InChI=1S/C19H21NO4/c1-12-9-16(10-13(2)18(12)24-11-17(21)22)19(23)20-14(3)15-7-5-4-6-8-15/h4-10,14H,11H2,1-3H3,(H,20,23)(H,21,22)/t14-/m1/s1. The highest BCUT2D eigenvalue weighted by Crippen LogP contribution is 2.25. The third kappa shape index (κ3) is 4.35. The van der Waals surface area contributed by atoms with Crippen molar-refractivity contribution in [3.63, 3.8) is 0 Å². The Morgan fingerprint density at radius 1 is 1.12 bits per heavy atom. The molecule has 0 aromatic heterocycles. The summed E-state index contributed by atoms with van der Waals surface area (Å²) < 4.78 is 5.28. The molecule has 2 aromatic rings. The number of carboxylic acid groups (broad SMARTS) is 1. The molecule has 2 N–H and O–H groups in total. The summed E-state index contributed by atoms with van der Waals surface area (Å²) in [5.74, 6) is -0.709. The Bertz CT molecular complexity index is 717. The number of rotatable bonds is 6. The highest BCUT2D eigenvalue weighted by atomic mass is 16.5. The lowest BCUT2D eigenvalue weighted by atomic mass is 10.0. The second-order valence-electron chi connectivity index (χ2n) is 5.73. The van der Waals surface area contributed by atoms with Gasteiger partial charge in [0, 0.05) is 5.56 Å². The van der Waals surface area contributed by atoms with Crippen LogP contribution in [0, 0.1) is 13.8 Å². The Balaban J connectivity index is 2.14. The van der Waals surface area contributed by atoms with E-state index in [1.807, 2.05) is 37.3 Å². The topological polar surface area (TPSA) is 75.6 Å². The fourth-order valence-electron chi connectivity index (χ4n) is 2.55. The van der Waals surface area contributed by atoms with Gasteiger partial charge in [0.15, 0.2) is 6.61 Å². The van der Waals surface area contributed by atoms with Gasteiger partial charge in [-0.3, -0.25) is 4.79 Å². The van der Waals surface area contributed by atoms with Crippen molar-refractivity contribution >= 4 is 11.9 Å². The Morgan fingerprint density at radius 3 is 2.25 bits per heavy atom. The number of carbonyl (C=O) groups is 2. The molecule has 5 heteroatoms. The Kier molecular flexibility index (Phi) is 5.58. The highest BCUT2D eigenvalue weighted by molar-refractivity contribution is 5.95. The number of ether oxygens (including phenoxy) is 1. The van der Waals surface area contributed by atoms with E-state index in [1.165, 1.54) is 0 Å². The van der Waals surface area contributed by atoms with Crippen LogP contribution in [0.15, 0.2) is 42.5 Å². The van der Waals surface area contributed by atoms with Gasteiger partial charge in [0.2, 0.25) is 0 Å². The monoisotopic (exact) mass is 327 g/mol. The van der Waals surface area contributed by atoms with E-state index in [2.05, 4.69) is 5.32 Å². The molecule has 126 valence electrons. The lowest BCUT2D eigenvalue weighted by Crippen LogP contribution is -2.26. The van der Waals surface area contributed by atoms with E-state index >= 15 is 0 Å². The smallest absolute Gasteiger partial charge is 0.341 e. The van der Waals surface area contributed by atoms with E-state index in [4.69, 9.17) is 9.84 Å². The first-order chi connectivity index (χ1) is 11.4. The molecular formula is C19H21NO4. The molecule has 0 aliphatic carbocycles. The van der Waals surface area contributed by atoms with Crippen LogP contribution in [-0.4, -0.2) is 23.6 Å². The van der Waals surface area contributed by atoms with Crippen molar-refractivity contribution < 1.29 is 19.4 Å². The molecule has 24 heavy (non-hydrogen) atoms. The number of hydrogen-bond donors (Lipinski definition) is 2. The van der Waals surface area contributed by atoms with Gasteiger partial charge in [0.25, 0.3) is 5.91 Å². The van der Waals surface area contributed by atoms with Gasteiger partial charge in [-0.15, -0.1) is 0 Å². The summed E-state index contributed by atoms with van der Waals surface area (Å²) >= 11 is 0. The number of aliphatic carboxylic acids is 1. The molecule has 0 saturated carbocycles. The van der Waals surface area contributed by atoms with E-state index < -0.39 is 12.6 Å². The Labute approximate surface area is 141 Å². The SMILES string of the molecule is Cc1cc(C(=O)N[C@H](C)c2ccccc2)cc(C)c1OCC(=O)O. The number of hydrogen-bond acceptors (Lipinski definition) is 3. The van der Waals surface area contributed by atoms with Gasteiger partial charge in [-0.2, -0.15) is 0 Å². The van der Waals surface area contributed by atoms with Gasteiger partial charge < -0.3 is 15.2 Å². The number of carbonyl (C=O) groups excluding carboxylic acids is 1. The van der Waals surface area contributed by atoms with Crippen LogP contribution in [0.25, 0.3) is 0 Å². The molecule has 5 nitrogen and oxygen atoms in total. The van der Waals surface area contributed by atoms with E-state index in [0.717, 1.165) is 16.7 Å². The first kappa shape index (κ1) is 17.5. The summed E-state index contributed by atoms with van der Waals surface area (Å²) in [5.41, 5.74) is 3.01. The zero-order chi connectivity index (χ0) is 17.7. The lowest BCUT2D eigenvalue weighted by molar-refractivity contribution is -0.139. The van der Waals surface area contributed by atoms with Crippen LogP contribution >= 0.6 is 0 Å². The number of benzene rings is 2. The van der Waals surface area contributed by atoms with Crippen LogP contribution in [0.2, 0.25) is 0 Å². The molecule has 0 aliphatic rings. The van der Waals surface area contributed by atoms with Gasteiger partial charge in [-0.05, 0) is 49.6 Å². The number of amides is 1. The molecule has 1 atom stereocenters. The second kappa shape index (κ2) is 7.64. The summed E-state index contributed by atoms with van der Waals surface area (Å²) in [6.45, 7) is 5.11. The van der Waals surface area contributed by atoms with Crippen molar-refractivity contribution in [2.75, 3.05) is 6.61 Å². The minimum atomic E-state index is -1.03. The largest absolute Gasteiger partial charge is 0.481 e. The minimum Gasteiger partial charge on any atom is -0.481 e. The quantitative estimate of drug-likeness (QED) is 0.854. The molecule has 0 fully saturated rings. The van der Waals surface area contributed by atoms with Crippen molar-refractivity contribution in [3.05, 3.63) is 64.7 Å². The average molecular weight is 327 g/mol. The van der Waals surface area contributed by atoms with Gasteiger partial charge in [0.1, 0.15) is 5.75 Å². The Hall–Kier alpha value is -2.82. The summed E-state index contributed by atoms with van der Waals surface area (Å²) in [7, 11) is 0. The van der Waals surface area contributed by atoms with E-state index in [0.29, 0.717) is 11.3 Å². The van der Waals surface area contributed by atoms with Crippen LogP contribution in [0.4, 0.5) is 0 Å². The van der Waals surface area contributed by atoms with Gasteiger partial charge >= 0.3 is 5.97 Å². The lowest BCUT2D eigenvalue weighted by Gasteiger charge is -2.16. The maximum Gasteiger partial charge on any atom is 0.341 e. The summed E-state index contributed by atoms with van der Waals surface area (Å²) in [6, 6.07) is 13.0. The van der Waals surface area contributed by atoms with Gasteiger partial charge in [0.05, 0.1) is 6.04 Å². The molecular weight excluding hydrogens is 306 g/mol. The van der Waals surface area contributed by atoms with Gasteiger partial charge in [-0.25, -0.2) is 4.79 Å². The predicted octanol–water partition coefficient (Wildman–Crippen LogP) is 3.26. The molecule has 1 amide bonds. The van der Waals surface area contributed by atoms with Crippen molar-refractivity contribution in [3.8, 4) is 5.75 Å². The molecule has 0 aliphatic heterocycles. The van der Waals surface area contributed by atoms with E-state index in [1.54, 1.807) is 26.0 Å². The normalized spacial score (nSPS) is 11.6. The Morgan fingerprint density at radius 2 is 1.71 bits per heavy atom. The highest BCUT2D eigenvalue weighted by Gasteiger charge is 2.15. The summed E-state index contributed by atoms with van der Waals surface area (Å²) in [5, 5.41) is 11.7. The van der Waals surface area contributed by atoms with E-state index in [9.17, 15) is 9.59 Å². The summed E-state index contributed by atoms with van der Waals surface area (Å²) in [6.07, 6.45) is 0. The first-order valence-corrected chi connectivity index (χ1v) is 7.70. The third-order valence-electron chi connectivity index (χ3n) is 3.71. The summed E-state index contributed by atoms with van der Waals surface area (Å²) in [4.78, 5) is 23.1. The first-order valence-electron chi connectivity index (χ1n) is 7.70. The molecule has 0 radical (unpaired) electrons. The van der Waals surface area contributed by atoms with Crippen LogP contribution in [0.1, 0.15) is 40.0 Å². The van der Waals surface area contributed by atoms with Crippen LogP contribution < -0.4 is 10.1 Å². The van der Waals surface area contributed by atoms with Crippen LogP contribution in [0.3, 0.4) is 0 Å². The number of carboxylic acids is 1. The number of nitrogens with one attached hydrogen (secondary N) is 1. The van der Waals surface area contributed by atoms with Crippen molar-refractivity contribution in [2.45, 2.75) is 26.8 Å². The molecule has 0 unspecified atom stereocenters. The predicted molar refractivity (Wildman–Crippen MR) is 91.4 cm³/mol. The molecule has 0 bridgehead atoms. The van der Waals surface area contributed by atoms with Crippen molar-refractivity contribution in [1.29, 1.82) is 0 Å². The maximum atomic E-state index is 12.5. The minimum absolute atomic E-state index is 0.109. The fraction of sp³-hybridized carbons (Fsp3) is 0.263. The van der Waals surface area contributed by atoms with Crippen LogP contribution in [0.5, 0.6) is 5.75 Å². The molecule has 0 saturated heterocycles. The second-order valence-corrected chi connectivity index (χ2v) is 5.73. The average Bonchev–Trinajstić information content (AvgIpc) is 2.54. The molecule has 2 aromatic carbocycles. The fourth-order valence-corrected chi connectivity index (χ4v) is 2.55. The zero-order valence-corrected chi connectivity index (χ0v) is 14.0. The van der Waals surface area contributed by atoms with E-state index in [-0.39, 0.29) is 11.9 Å². The molecule has 0 heterocycles. The number of aryl methyl sites for hydroxylation is 2. The zero-order valence-electron chi connectivity index (χ0n) is 14.0. The molecule has 2 rings (SSSR count). The van der Waals surface area contributed by atoms with Crippen molar-refractivity contribution in [2.24, 2.45) is 0 Å². The third-order valence-corrected chi connectivity index (χ3v) is 3.71. The van der Waals surface area contributed by atoms with Crippen LogP contribution in [-0.2, 0) is 4.79 Å². The van der Waals surface area contributed by atoms with Gasteiger partial charge in [-0.1, -0.05) is 30.3 Å². The molecule has 0 spiro atoms. The van der Waals surface area contributed by atoms with Crippen molar-refractivity contribution in [1.82, 2.24) is 5.32 Å².